The van der Waals surface area contributed by atoms with Gasteiger partial charge in [0.25, 0.3) is 0 Å². The minimum absolute atomic E-state index is 0.284. The van der Waals surface area contributed by atoms with Gasteiger partial charge >= 0.3 is 5.97 Å². The van der Waals surface area contributed by atoms with Gasteiger partial charge in [0.15, 0.2) is 0 Å². The van der Waals surface area contributed by atoms with Crippen LogP contribution in [0.1, 0.15) is 18.9 Å². The molecule has 0 radical (unpaired) electrons. The van der Waals surface area contributed by atoms with Crippen LogP contribution in [0.2, 0.25) is 5.02 Å². The summed E-state index contributed by atoms with van der Waals surface area (Å²) in [5.41, 5.74) is -0.191. The van der Waals surface area contributed by atoms with Crippen LogP contribution in [-0.4, -0.2) is 31.7 Å². The van der Waals surface area contributed by atoms with Crippen LogP contribution >= 0.6 is 11.6 Å². The summed E-state index contributed by atoms with van der Waals surface area (Å²) in [6.45, 7) is 1.47. The van der Waals surface area contributed by atoms with Crippen molar-refractivity contribution in [2.45, 2.75) is 18.8 Å². The molecule has 0 fully saturated rings. The molecule has 3 N–H and O–H groups in total. The maximum atomic E-state index is 12.4. The third-order valence-corrected chi connectivity index (χ3v) is 4.80. The summed E-state index contributed by atoms with van der Waals surface area (Å²) in [5, 5.41) is 12.7. The average molecular weight is 411 g/mol. The highest BCUT2D eigenvalue weighted by Gasteiger charge is 2.37. The zero-order valence-corrected chi connectivity index (χ0v) is 16.3. The topological polar surface area (TPSA) is 113 Å². The number of benzene rings is 2. The lowest BCUT2D eigenvalue weighted by atomic mass is 9.79. The molecule has 0 heterocycles. The van der Waals surface area contributed by atoms with Gasteiger partial charge in [0.2, 0.25) is 15.9 Å². The number of halogens is 1. The highest BCUT2D eigenvalue weighted by molar-refractivity contribution is 7.92. The fourth-order valence-corrected chi connectivity index (χ4v) is 3.17. The fraction of sp³-hybridized carbons (Fsp3) is 0.222. The van der Waals surface area contributed by atoms with Gasteiger partial charge in [-0.2, -0.15) is 0 Å². The zero-order valence-electron chi connectivity index (χ0n) is 14.7. The van der Waals surface area contributed by atoms with Crippen LogP contribution in [0.4, 0.5) is 11.4 Å². The molecule has 27 heavy (non-hydrogen) atoms. The molecule has 2 aromatic carbocycles. The molecule has 7 nitrogen and oxygen atoms in total. The average Bonchev–Trinajstić information content (AvgIpc) is 2.55. The lowest BCUT2D eigenvalue weighted by Crippen LogP contribution is -2.36. The highest BCUT2D eigenvalue weighted by Crippen LogP contribution is 2.30. The van der Waals surface area contributed by atoms with Crippen molar-refractivity contribution >= 4 is 44.9 Å². The van der Waals surface area contributed by atoms with Gasteiger partial charge in [-0.1, -0.05) is 23.7 Å². The van der Waals surface area contributed by atoms with Crippen molar-refractivity contribution in [1.82, 2.24) is 0 Å². The molecule has 2 aromatic rings. The van der Waals surface area contributed by atoms with Crippen LogP contribution in [0.15, 0.2) is 48.5 Å². The van der Waals surface area contributed by atoms with Crippen molar-refractivity contribution in [3.8, 4) is 0 Å². The number of carbonyl (C=O) groups excluding carboxylic acids is 1. The SMILES string of the molecule is CC(CC(=O)Nc1ccc(NS(C)(=O)=O)cc1)(C(=O)O)c1ccc(Cl)cc1. The molecule has 0 aliphatic rings. The van der Waals surface area contributed by atoms with E-state index in [1.165, 1.54) is 31.2 Å². The molecule has 1 unspecified atom stereocenters. The Kier molecular flexibility index (Phi) is 6.12. The van der Waals surface area contributed by atoms with Crippen LogP contribution in [0.3, 0.4) is 0 Å². The predicted molar refractivity (Wildman–Crippen MR) is 105 cm³/mol. The largest absolute Gasteiger partial charge is 0.481 e. The molecule has 0 aliphatic carbocycles. The van der Waals surface area contributed by atoms with E-state index in [-0.39, 0.29) is 6.42 Å². The van der Waals surface area contributed by atoms with E-state index in [9.17, 15) is 23.1 Å². The summed E-state index contributed by atoms with van der Waals surface area (Å²) in [6, 6.07) is 12.3. The van der Waals surface area contributed by atoms with Crippen molar-refractivity contribution in [3.05, 3.63) is 59.1 Å². The molecule has 9 heteroatoms. The van der Waals surface area contributed by atoms with Gasteiger partial charge in [-0.3, -0.25) is 14.3 Å². The Morgan fingerprint density at radius 2 is 1.56 bits per heavy atom. The standard InChI is InChI=1S/C18H19ClN2O5S/c1-18(17(23)24,12-3-5-13(19)6-4-12)11-16(22)20-14-7-9-15(10-8-14)21-27(2,25)26/h3-10,21H,11H2,1-2H3,(H,20,22)(H,23,24). The van der Waals surface area contributed by atoms with Crippen molar-refractivity contribution < 1.29 is 23.1 Å². The normalized spacial score (nSPS) is 13.4. The molecule has 1 amide bonds. The van der Waals surface area contributed by atoms with E-state index in [1.807, 2.05) is 0 Å². The van der Waals surface area contributed by atoms with E-state index in [0.29, 0.717) is 22.0 Å². The molecule has 1 atom stereocenters. The summed E-state index contributed by atoms with van der Waals surface area (Å²) in [4.78, 5) is 24.2. The number of nitrogens with one attached hydrogen (secondary N) is 2. The number of hydrogen-bond donors (Lipinski definition) is 3. The summed E-state index contributed by atoms with van der Waals surface area (Å²) in [5.74, 6) is -1.62. The Morgan fingerprint density at radius 3 is 2.04 bits per heavy atom. The number of anilines is 2. The van der Waals surface area contributed by atoms with Gasteiger partial charge in [-0.05, 0) is 48.9 Å². The van der Waals surface area contributed by atoms with E-state index in [4.69, 9.17) is 11.6 Å². The predicted octanol–water partition coefficient (Wildman–Crippen LogP) is 3.08. The van der Waals surface area contributed by atoms with E-state index >= 15 is 0 Å². The maximum Gasteiger partial charge on any atom is 0.314 e. The second-order valence-electron chi connectivity index (χ2n) is 6.32. The molecular formula is C18H19ClN2O5S. The maximum absolute atomic E-state index is 12.4. The van der Waals surface area contributed by atoms with E-state index in [0.717, 1.165) is 6.26 Å². The highest BCUT2D eigenvalue weighted by atomic mass is 35.5. The number of carboxylic acid groups (broad SMARTS) is 1. The molecule has 0 bridgehead atoms. The Morgan fingerprint density at radius 1 is 1.04 bits per heavy atom. The number of amides is 1. The van der Waals surface area contributed by atoms with E-state index in [2.05, 4.69) is 10.0 Å². The number of carbonyl (C=O) groups is 2. The van der Waals surface area contributed by atoms with Gasteiger partial charge in [0.05, 0.1) is 11.7 Å². The van der Waals surface area contributed by atoms with Gasteiger partial charge in [0, 0.05) is 22.8 Å². The van der Waals surface area contributed by atoms with Crippen LogP contribution < -0.4 is 10.0 Å². The van der Waals surface area contributed by atoms with Gasteiger partial charge in [-0.25, -0.2) is 8.42 Å². The molecule has 0 aromatic heterocycles. The van der Waals surface area contributed by atoms with Gasteiger partial charge < -0.3 is 10.4 Å². The van der Waals surface area contributed by atoms with Crippen LogP contribution in [-0.2, 0) is 25.0 Å². The first-order valence-corrected chi connectivity index (χ1v) is 10.1. The Hall–Kier alpha value is -2.58. The monoisotopic (exact) mass is 410 g/mol. The number of rotatable bonds is 7. The third-order valence-electron chi connectivity index (χ3n) is 3.94. The van der Waals surface area contributed by atoms with E-state index < -0.39 is 27.3 Å². The number of aliphatic carboxylic acids is 1. The lowest BCUT2D eigenvalue weighted by molar-refractivity contribution is -0.145. The Labute approximate surface area is 162 Å². The number of carboxylic acids is 1. The van der Waals surface area contributed by atoms with Crippen LogP contribution in [0.25, 0.3) is 0 Å². The van der Waals surface area contributed by atoms with Crippen molar-refractivity contribution in [3.63, 3.8) is 0 Å². The molecule has 144 valence electrons. The zero-order chi connectivity index (χ0) is 20.2. The van der Waals surface area contributed by atoms with Crippen molar-refractivity contribution in [2.24, 2.45) is 0 Å². The first kappa shape index (κ1) is 20.7. The van der Waals surface area contributed by atoms with E-state index in [1.54, 1.807) is 24.3 Å². The second kappa shape index (κ2) is 7.98. The Bertz CT molecular complexity index is 943. The number of sulfonamides is 1. The molecular weight excluding hydrogens is 392 g/mol. The van der Waals surface area contributed by atoms with Gasteiger partial charge in [-0.15, -0.1) is 0 Å². The minimum Gasteiger partial charge on any atom is -0.481 e. The fourth-order valence-electron chi connectivity index (χ4n) is 2.48. The smallest absolute Gasteiger partial charge is 0.314 e. The molecule has 0 saturated heterocycles. The summed E-state index contributed by atoms with van der Waals surface area (Å²) >= 11 is 5.84. The molecule has 0 spiro atoms. The summed E-state index contributed by atoms with van der Waals surface area (Å²) < 4.78 is 24.7. The first-order valence-electron chi connectivity index (χ1n) is 7.87. The quantitative estimate of drug-likeness (QED) is 0.649. The van der Waals surface area contributed by atoms with Gasteiger partial charge in [0.1, 0.15) is 0 Å². The van der Waals surface area contributed by atoms with Crippen LogP contribution in [0, 0.1) is 0 Å². The molecule has 2 rings (SSSR count). The number of hydrogen-bond acceptors (Lipinski definition) is 4. The first-order chi connectivity index (χ1) is 12.5. The molecule has 0 aliphatic heterocycles. The second-order valence-corrected chi connectivity index (χ2v) is 8.51. The molecule has 0 saturated carbocycles. The van der Waals surface area contributed by atoms with Crippen molar-refractivity contribution in [1.29, 1.82) is 0 Å². The summed E-state index contributed by atoms with van der Waals surface area (Å²) in [6.07, 6.45) is 0.749. The van der Waals surface area contributed by atoms with Crippen LogP contribution in [0.5, 0.6) is 0 Å². The Balaban J connectivity index is 2.12. The summed E-state index contributed by atoms with van der Waals surface area (Å²) in [7, 11) is -3.39. The third kappa shape index (κ3) is 5.70. The minimum atomic E-state index is -3.39. The lowest BCUT2D eigenvalue weighted by Gasteiger charge is -2.25. The van der Waals surface area contributed by atoms with Crippen molar-refractivity contribution in [2.75, 3.05) is 16.3 Å².